The summed E-state index contributed by atoms with van der Waals surface area (Å²) in [6, 6.07) is 10.6. The van der Waals surface area contributed by atoms with E-state index in [4.69, 9.17) is 0 Å². The summed E-state index contributed by atoms with van der Waals surface area (Å²) in [5.74, 6) is 1.96. The van der Waals surface area contributed by atoms with E-state index in [0.717, 1.165) is 11.4 Å². The van der Waals surface area contributed by atoms with Crippen LogP contribution in [0.4, 0.5) is 17.5 Å². The van der Waals surface area contributed by atoms with Crippen molar-refractivity contribution in [2.24, 2.45) is 0 Å². The third-order valence-electron chi connectivity index (χ3n) is 4.84. The van der Waals surface area contributed by atoms with Crippen molar-refractivity contribution in [3.8, 4) is 0 Å². The van der Waals surface area contributed by atoms with E-state index in [-0.39, 0.29) is 18.0 Å². The van der Waals surface area contributed by atoms with Gasteiger partial charge in [-0.25, -0.2) is 9.67 Å². The minimum atomic E-state index is -0.283. The van der Waals surface area contributed by atoms with Crippen LogP contribution in [0, 0.1) is 6.92 Å². The maximum absolute atomic E-state index is 12.5. The second-order valence-electron chi connectivity index (χ2n) is 7.01. The van der Waals surface area contributed by atoms with E-state index < -0.39 is 0 Å². The lowest BCUT2D eigenvalue weighted by atomic mass is 10.3. The van der Waals surface area contributed by atoms with Crippen LogP contribution in [0.1, 0.15) is 5.56 Å². The van der Waals surface area contributed by atoms with Gasteiger partial charge >= 0.3 is 0 Å². The van der Waals surface area contributed by atoms with Gasteiger partial charge in [0, 0.05) is 44.6 Å². The second kappa shape index (κ2) is 8.68. The zero-order chi connectivity index (χ0) is 20.9. The van der Waals surface area contributed by atoms with Gasteiger partial charge in [-0.15, -0.1) is 10.2 Å². The van der Waals surface area contributed by atoms with Gasteiger partial charge in [-0.1, -0.05) is 6.07 Å². The van der Waals surface area contributed by atoms with Gasteiger partial charge in [-0.2, -0.15) is 5.10 Å². The van der Waals surface area contributed by atoms with Crippen molar-refractivity contribution in [2.75, 3.05) is 36.4 Å². The molecule has 1 aliphatic heterocycles. The number of pyridine rings is 1. The molecular weight excluding hydrogens is 384 g/mol. The molecule has 1 amide bonds. The molecule has 1 N–H and O–H groups in total. The van der Waals surface area contributed by atoms with E-state index in [1.807, 2.05) is 31.2 Å². The fourth-order valence-corrected chi connectivity index (χ4v) is 3.15. The van der Waals surface area contributed by atoms with E-state index in [1.54, 1.807) is 17.2 Å². The molecule has 0 saturated carbocycles. The lowest BCUT2D eigenvalue weighted by molar-refractivity contribution is -0.132. The Morgan fingerprint density at radius 2 is 1.83 bits per heavy atom. The van der Waals surface area contributed by atoms with Crippen LogP contribution in [0.2, 0.25) is 0 Å². The van der Waals surface area contributed by atoms with Crippen molar-refractivity contribution in [3.63, 3.8) is 0 Å². The van der Waals surface area contributed by atoms with Crippen molar-refractivity contribution in [3.05, 3.63) is 64.7 Å². The number of piperazine rings is 1. The van der Waals surface area contributed by atoms with Gasteiger partial charge in [0.25, 0.3) is 5.56 Å². The molecule has 0 aliphatic carbocycles. The van der Waals surface area contributed by atoms with E-state index in [9.17, 15) is 9.59 Å². The molecule has 0 spiro atoms. The monoisotopic (exact) mass is 406 g/mol. The van der Waals surface area contributed by atoms with Crippen molar-refractivity contribution in [2.45, 2.75) is 13.5 Å². The topological polar surface area (TPSA) is 109 Å². The van der Waals surface area contributed by atoms with Crippen LogP contribution in [0.15, 0.2) is 53.6 Å². The molecule has 1 saturated heterocycles. The first-order valence-corrected chi connectivity index (χ1v) is 9.67. The molecule has 1 aliphatic rings. The van der Waals surface area contributed by atoms with Crippen LogP contribution in [-0.4, -0.2) is 61.9 Å². The number of carbonyl (C=O) groups excluding carboxylic acids is 1. The summed E-state index contributed by atoms with van der Waals surface area (Å²) in [6.07, 6.45) is 3.29. The van der Waals surface area contributed by atoms with Gasteiger partial charge in [0.15, 0.2) is 11.6 Å². The third-order valence-corrected chi connectivity index (χ3v) is 4.84. The van der Waals surface area contributed by atoms with Gasteiger partial charge in [0.2, 0.25) is 5.91 Å². The van der Waals surface area contributed by atoms with Crippen molar-refractivity contribution in [1.82, 2.24) is 29.9 Å². The minimum Gasteiger partial charge on any atom is -0.352 e. The summed E-state index contributed by atoms with van der Waals surface area (Å²) in [7, 11) is 0. The Kier molecular flexibility index (Phi) is 5.64. The summed E-state index contributed by atoms with van der Waals surface area (Å²) >= 11 is 0. The van der Waals surface area contributed by atoms with Crippen LogP contribution in [0.5, 0.6) is 0 Å². The Morgan fingerprint density at radius 3 is 2.50 bits per heavy atom. The lowest BCUT2D eigenvalue weighted by Crippen LogP contribution is -2.50. The summed E-state index contributed by atoms with van der Waals surface area (Å²) < 4.78 is 1.18. The molecule has 3 aromatic heterocycles. The fourth-order valence-electron chi connectivity index (χ4n) is 3.15. The predicted molar refractivity (Wildman–Crippen MR) is 112 cm³/mol. The standard InChI is InChI=1S/C20H22N8O2/c1-15-4-5-16(21-13-15)23-17-6-7-18(25-24-17)26-9-11-27(12-10-26)20(30)14-28-19(29)3-2-8-22-28/h2-8,13H,9-12,14H2,1H3,(H,21,23,24). The number of amides is 1. The van der Waals surface area contributed by atoms with Crippen LogP contribution in [0.3, 0.4) is 0 Å². The Labute approximate surface area is 173 Å². The van der Waals surface area contributed by atoms with Gasteiger partial charge in [0.1, 0.15) is 12.4 Å². The quantitative estimate of drug-likeness (QED) is 0.664. The zero-order valence-corrected chi connectivity index (χ0v) is 16.6. The second-order valence-corrected chi connectivity index (χ2v) is 7.01. The molecule has 3 aromatic rings. The molecule has 0 aromatic carbocycles. The van der Waals surface area contributed by atoms with E-state index >= 15 is 0 Å². The Hall–Kier alpha value is -3.82. The number of nitrogens with one attached hydrogen (secondary N) is 1. The average Bonchev–Trinajstić information content (AvgIpc) is 2.77. The predicted octanol–water partition coefficient (Wildman–Crippen LogP) is 0.829. The molecule has 4 heterocycles. The highest BCUT2D eigenvalue weighted by Crippen LogP contribution is 2.17. The smallest absolute Gasteiger partial charge is 0.267 e. The lowest BCUT2D eigenvalue weighted by Gasteiger charge is -2.35. The van der Waals surface area contributed by atoms with Gasteiger partial charge < -0.3 is 15.1 Å². The van der Waals surface area contributed by atoms with Crippen LogP contribution in [0.25, 0.3) is 0 Å². The highest BCUT2D eigenvalue weighted by atomic mass is 16.2. The van der Waals surface area contributed by atoms with Crippen molar-refractivity contribution >= 4 is 23.4 Å². The molecule has 0 unspecified atom stereocenters. The van der Waals surface area contributed by atoms with Crippen LogP contribution < -0.4 is 15.8 Å². The number of anilines is 3. The first-order valence-electron chi connectivity index (χ1n) is 9.67. The van der Waals surface area contributed by atoms with Crippen molar-refractivity contribution in [1.29, 1.82) is 0 Å². The SMILES string of the molecule is Cc1ccc(Nc2ccc(N3CCN(C(=O)Cn4ncccc4=O)CC3)nn2)nc1. The summed E-state index contributed by atoms with van der Waals surface area (Å²) in [5, 5.41) is 15.6. The molecule has 1 fully saturated rings. The minimum absolute atomic E-state index is 0.0487. The Bertz CT molecular complexity index is 1060. The number of rotatable bonds is 5. The average molecular weight is 406 g/mol. The van der Waals surface area contributed by atoms with Crippen molar-refractivity contribution < 1.29 is 4.79 Å². The number of aromatic nitrogens is 5. The zero-order valence-electron chi connectivity index (χ0n) is 16.6. The largest absolute Gasteiger partial charge is 0.352 e. The molecule has 0 bridgehead atoms. The third kappa shape index (κ3) is 4.59. The normalized spacial score (nSPS) is 13.9. The number of aryl methyl sites for hydroxylation is 1. The molecule has 30 heavy (non-hydrogen) atoms. The van der Waals surface area contributed by atoms with Crippen LogP contribution in [-0.2, 0) is 11.3 Å². The Morgan fingerprint density at radius 1 is 1.03 bits per heavy atom. The van der Waals surface area contributed by atoms with E-state index in [2.05, 4.69) is 30.5 Å². The number of hydrogen-bond donors (Lipinski definition) is 1. The fraction of sp³-hybridized carbons (Fsp3) is 0.300. The van der Waals surface area contributed by atoms with Gasteiger partial charge in [0.05, 0.1) is 0 Å². The highest BCUT2D eigenvalue weighted by Gasteiger charge is 2.22. The maximum atomic E-state index is 12.5. The van der Waals surface area contributed by atoms with Crippen LogP contribution >= 0.6 is 0 Å². The molecule has 154 valence electrons. The Balaban J connectivity index is 1.31. The van der Waals surface area contributed by atoms with Gasteiger partial charge in [-0.05, 0) is 36.8 Å². The molecule has 10 heteroatoms. The van der Waals surface area contributed by atoms with Gasteiger partial charge in [-0.3, -0.25) is 9.59 Å². The first-order chi connectivity index (χ1) is 14.6. The number of hydrogen-bond acceptors (Lipinski definition) is 8. The maximum Gasteiger partial charge on any atom is 0.267 e. The molecule has 0 atom stereocenters. The summed E-state index contributed by atoms with van der Waals surface area (Å²) in [6.45, 7) is 4.32. The number of carbonyl (C=O) groups is 1. The molecule has 0 radical (unpaired) electrons. The molecule has 10 nitrogen and oxygen atoms in total. The number of nitrogens with zero attached hydrogens (tertiary/aromatic N) is 7. The molecular formula is C20H22N8O2. The summed E-state index contributed by atoms with van der Waals surface area (Å²) in [4.78, 5) is 32.3. The first kappa shape index (κ1) is 19.5. The van der Waals surface area contributed by atoms with E-state index in [0.29, 0.717) is 37.8 Å². The summed E-state index contributed by atoms with van der Waals surface area (Å²) in [5.41, 5.74) is 0.806. The highest BCUT2D eigenvalue weighted by molar-refractivity contribution is 5.76. The van der Waals surface area contributed by atoms with E-state index in [1.165, 1.54) is 16.9 Å². The molecule has 4 rings (SSSR count).